The van der Waals surface area contributed by atoms with Crippen LogP contribution in [0.2, 0.25) is 0 Å². The first-order chi connectivity index (χ1) is 26.2. The van der Waals surface area contributed by atoms with Crippen molar-refractivity contribution in [2.45, 2.75) is 65.2 Å². The molecule has 7 rings (SSSR count). The lowest BCUT2D eigenvalue weighted by Gasteiger charge is -2.28. The summed E-state index contributed by atoms with van der Waals surface area (Å²) in [6.07, 6.45) is 1.80. The van der Waals surface area contributed by atoms with Crippen molar-refractivity contribution < 1.29 is 6.48 Å². The molecule has 1 atom stereocenters. The Morgan fingerprint density at radius 3 is 1.83 bits per heavy atom. The van der Waals surface area contributed by atoms with Crippen LogP contribution in [0.5, 0.6) is 5.75 Å². The third kappa shape index (κ3) is 7.70. The van der Waals surface area contributed by atoms with Crippen LogP contribution in [0.4, 0.5) is 17.2 Å². The van der Waals surface area contributed by atoms with Gasteiger partial charge in [-0.2, -0.15) is 0 Å². The molecule has 270 valence electrons. The average molecular weight is 709 g/mol. The van der Waals surface area contributed by atoms with Gasteiger partial charge < -0.3 is 5.11 Å². The fourth-order valence-corrected chi connectivity index (χ4v) is 6.88. The predicted molar refractivity (Wildman–Crippen MR) is 226 cm³/mol. The molecule has 7 aromatic rings. The van der Waals surface area contributed by atoms with E-state index >= 15 is 0 Å². The minimum absolute atomic E-state index is 0.159. The summed E-state index contributed by atoms with van der Waals surface area (Å²) in [6, 6.07) is 51.2. The van der Waals surface area contributed by atoms with E-state index in [1.165, 1.54) is 0 Å². The van der Waals surface area contributed by atoms with Gasteiger partial charge in [0, 0.05) is 41.5 Å². The zero-order chi connectivity index (χ0) is 39.0. The summed E-state index contributed by atoms with van der Waals surface area (Å²) < 4.78 is 9.87. The molecule has 0 aliphatic heterocycles. The number of benzene rings is 5. The highest BCUT2D eigenvalue weighted by atomic mass is 16.3. The van der Waals surface area contributed by atoms with E-state index in [2.05, 4.69) is 113 Å². The second-order valence-electron chi connectivity index (χ2n) is 16.0. The van der Waals surface area contributed by atoms with E-state index in [1.807, 2.05) is 91.9 Å². The molecule has 0 aliphatic rings. The third-order valence-corrected chi connectivity index (χ3v) is 10.00. The van der Waals surface area contributed by atoms with Crippen molar-refractivity contribution in [3.63, 3.8) is 0 Å². The molecule has 2 aromatic heterocycles. The van der Waals surface area contributed by atoms with Gasteiger partial charge in [0.1, 0.15) is 11.6 Å². The summed E-state index contributed by atoms with van der Waals surface area (Å²) in [5.74, 6) is -0.0976. The number of phenols is 1. The Balaban J connectivity index is 1.54. The fourth-order valence-electron chi connectivity index (χ4n) is 6.88. The number of aromatic hydroxyl groups is 1. The molecule has 0 saturated carbocycles. The molecular weight excluding hydrogens is 659 g/mol. The lowest BCUT2D eigenvalue weighted by atomic mass is 9.78. The molecule has 0 radical (unpaired) electrons. The molecule has 0 amide bonds. The number of nitrogens with zero attached hydrogens (tertiary/aromatic N) is 3. The molecule has 0 aliphatic carbocycles. The minimum Gasteiger partial charge on any atom is -0.507 e. The molecule has 0 bridgehead atoms. The predicted octanol–water partition coefficient (Wildman–Crippen LogP) is 13.4. The van der Waals surface area contributed by atoms with E-state index < -0.39 is 5.89 Å². The summed E-state index contributed by atoms with van der Waals surface area (Å²) in [6.45, 7) is 15.0. The van der Waals surface area contributed by atoms with Gasteiger partial charge in [-0.15, -0.1) is 0 Å². The molecule has 1 unspecified atom stereocenters. The molecule has 5 aromatic carbocycles. The minimum atomic E-state index is -1.10. The standard InChI is InChI=1S/C50H49N3O/c1-34(35-19-11-8-12-20-35)37-27-39(29-42(28-37)53(41-23-15-10-16-24-41)47-25-17-18-26-51-47)45-30-38(36-21-13-9-14-22-36)31-46(52-45)43-32-40(49(2,3)4)33-44(48(43)54)50(5,6)7/h8-34,54H,1-7H3/i34D. The fraction of sp³-hybridized carbons (Fsp3) is 0.200. The maximum absolute atomic E-state index is 12.1. The average Bonchev–Trinajstić information content (AvgIpc) is 3.18. The lowest BCUT2D eigenvalue weighted by Crippen LogP contribution is -2.17. The molecule has 4 nitrogen and oxygen atoms in total. The van der Waals surface area contributed by atoms with Gasteiger partial charge in [-0.1, -0.05) is 139 Å². The number of phenolic OH excluding ortho intramolecular Hbond substituents is 1. The van der Waals surface area contributed by atoms with Crippen molar-refractivity contribution in [3.05, 3.63) is 180 Å². The van der Waals surface area contributed by atoms with Crippen molar-refractivity contribution in [2.75, 3.05) is 4.90 Å². The number of pyridine rings is 2. The van der Waals surface area contributed by atoms with Crippen molar-refractivity contribution >= 4 is 17.2 Å². The van der Waals surface area contributed by atoms with E-state index in [0.29, 0.717) is 11.3 Å². The smallest absolute Gasteiger partial charge is 0.137 e. The van der Waals surface area contributed by atoms with Gasteiger partial charge >= 0.3 is 0 Å². The highest BCUT2D eigenvalue weighted by molar-refractivity contribution is 5.83. The van der Waals surface area contributed by atoms with Crippen LogP contribution in [0.3, 0.4) is 0 Å². The molecule has 0 spiro atoms. The molecule has 4 heteroatoms. The van der Waals surface area contributed by atoms with Crippen LogP contribution in [-0.2, 0) is 10.8 Å². The second-order valence-corrected chi connectivity index (χ2v) is 16.0. The van der Waals surface area contributed by atoms with Crippen LogP contribution in [-0.4, -0.2) is 15.1 Å². The summed E-state index contributed by atoms with van der Waals surface area (Å²) in [4.78, 5) is 12.3. The Morgan fingerprint density at radius 1 is 0.574 bits per heavy atom. The summed E-state index contributed by atoms with van der Waals surface area (Å²) in [5.41, 5.74) is 10.0. The Labute approximate surface area is 322 Å². The molecule has 0 fully saturated rings. The Kier molecular flexibility index (Phi) is 9.60. The number of aromatic nitrogens is 2. The topological polar surface area (TPSA) is 49.3 Å². The highest BCUT2D eigenvalue weighted by Crippen LogP contribution is 2.44. The van der Waals surface area contributed by atoms with E-state index in [1.54, 1.807) is 6.20 Å². The first kappa shape index (κ1) is 35.1. The van der Waals surface area contributed by atoms with Crippen LogP contribution < -0.4 is 4.90 Å². The molecule has 54 heavy (non-hydrogen) atoms. The largest absolute Gasteiger partial charge is 0.507 e. The summed E-state index contributed by atoms with van der Waals surface area (Å²) >= 11 is 0. The van der Waals surface area contributed by atoms with Crippen molar-refractivity contribution in [3.8, 4) is 39.4 Å². The quantitative estimate of drug-likeness (QED) is 0.171. The van der Waals surface area contributed by atoms with E-state index in [9.17, 15) is 6.48 Å². The lowest BCUT2D eigenvalue weighted by molar-refractivity contribution is 0.446. The van der Waals surface area contributed by atoms with Gasteiger partial charge in [-0.3, -0.25) is 4.90 Å². The normalized spacial score (nSPS) is 13.2. The number of para-hydroxylation sites is 1. The van der Waals surface area contributed by atoms with Crippen LogP contribution in [0, 0.1) is 0 Å². The van der Waals surface area contributed by atoms with Gasteiger partial charge in [0.2, 0.25) is 0 Å². The SMILES string of the molecule is [2H]C(C)(c1ccccc1)c1cc(-c2cc(-c3ccccc3)cc(-c3cc(C(C)(C)C)cc(C(C)(C)C)c3O)n2)cc(N(c2ccccc2)c2ccccn2)c1. The van der Waals surface area contributed by atoms with Crippen molar-refractivity contribution in [1.29, 1.82) is 0 Å². The van der Waals surface area contributed by atoms with Gasteiger partial charge in [-0.25, -0.2) is 9.97 Å². The van der Waals surface area contributed by atoms with Crippen molar-refractivity contribution in [1.82, 2.24) is 9.97 Å². The summed E-state index contributed by atoms with van der Waals surface area (Å²) in [5, 5.41) is 12.1. The number of rotatable bonds is 8. The number of hydrogen-bond donors (Lipinski definition) is 1. The zero-order valence-electron chi connectivity index (χ0n) is 33.3. The van der Waals surface area contributed by atoms with Gasteiger partial charge in [0.05, 0.1) is 11.4 Å². The second kappa shape index (κ2) is 14.8. The maximum atomic E-state index is 12.1. The maximum Gasteiger partial charge on any atom is 0.137 e. The van der Waals surface area contributed by atoms with Crippen LogP contribution in [0.1, 0.15) is 78.0 Å². The van der Waals surface area contributed by atoms with Crippen molar-refractivity contribution in [2.24, 2.45) is 0 Å². The third-order valence-electron chi connectivity index (χ3n) is 10.00. The van der Waals surface area contributed by atoms with Crippen LogP contribution in [0.25, 0.3) is 33.6 Å². The Morgan fingerprint density at radius 2 is 1.20 bits per heavy atom. The number of anilines is 3. The van der Waals surface area contributed by atoms with Gasteiger partial charge in [0.15, 0.2) is 0 Å². The zero-order valence-corrected chi connectivity index (χ0v) is 32.3. The monoisotopic (exact) mass is 708 g/mol. The molecular formula is C50H49N3O. The first-order valence-corrected chi connectivity index (χ1v) is 18.6. The van der Waals surface area contributed by atoms with E-state index in [0.717, 1.165) is 61.8 Å². The Hall–Kier alpha value is -6.00. The van der Waals surface area contributed by atoms with Gasteiger partial charge in [0.25, 0.3) is 0 Å². The highest BCUT2D eigenvalue weighted by Gasteiger charge is 2.27. The first-order valence-electron chi connectivity index (χ1n) is 19.1. The molecule has 1 N–H and O–H groups in total. The molecule has 2 heterocycles. The van der Waals surface area contributed by atoms with Crippen LogP contribution in [0.15, 0.2) is 158 Å². The number of hydrogen-bond acceptors (Lipinski definition) is 4. The van der Waals surface area contributed by atoms with Gasteiger partial charge in [-0.05, 0) is 99.3 Å². The molecule has 0 saturated heterocycles. The van der Waals surface area contributed by atoms with E-state index in [4.69, 9.17) is 9.97 Å². The van der Waals surface area contributed by atoms with E-state index in [-0.39, 0.29) is 16.6 Å². The Bertz CT molecular complexity index is 2380. The summed E-state index contributed by atoms with van der Waals surface area (Å²) in [7, 11) is 0. The van der Waals surface area contributed by atoms with Crippen LogP contribution >= 0.6 is 0 Å².